The highest BCUT2D eigenvalue weighted by molar-refractivity contribution is 7.23. The second-order valence-corrected chi connectivity index (χ2v) is 16.5. The first kappa shape index (κ1) is 32.7. The van der Waals surface area contributed by atoms with Gasteiger partial charge in [-0.2, -0.15) is 0 Å². The van der Waals surface area contributed by atoms with Crippen molar-refractivity contribution >= 4 is 65.2 Å². The van der Waals surface area contributed by atoms with E-state index in [1.54, 1.807) is 0 Å². The zero-order valence-corrected chi connectivity index (χ0v) is 32.2. The van der Waals surface area contributed by atoms with E-state index in [0.29, 0.717) is 0 Å². The van der Waals surface area contributed by atoms with Gasteiger partial charge in [-0.05, 0) is 77.1 Å². The van der Waals surface area contributed by atoms with Crippen LogP contribution in [0.5, 0.6) is 0 Å². The third-order valence-corrected chi connectivity index (χ3v) is 13.5. The summed E-state index contributed by atoms with van der Waals surface area (Å²) in [6.45, 7) is 1.82. The molecule has 6 heterocycles. The lowest BCUT2D eigenvalue weighted by Gasteiger charge is -2.38. The van der Waals surface area contributed by atoms with Gasteiger partial charge in [-0.1, -0.05) is 109 Å². The quantitative estimate of drug-likeness (QED) is 0.164. The number of nitrogens with one attached hydrogen (secondary N) is 3. The van der Waals surface area contributed by atoms with E-state index in [1.807, 2.05) is 17.5 Å². The van der Waals surface area contributed by atoms with E-state index in [4.69, 9.17) is 4.98 Å². The van der Waals surface area contributed by atoms with Gasteiger partial charge in [0.15, 0.2) is 0 Å². The van der Waals surface area contributed by atoms with Crippen molar-refractivity contribution in [1.29, 1.82) is 0 Å². The molecule has 6 aromatic carbocycles. The van der Waals surface area contributed by atoms with Crippen LogP contribution in [-0.2, 0) is 12.8 Å². The summed E-state index contributed by atoms with van der Waals surface area (Å²) in [5, 5.41) is 11.4. The average Bonchev–Trinajstić information content (AvgIpc) is 4.00. The molecule has 0 spiro atoms. The molecule has 2 aliphatic heterocycles. The Bertz CT molecular complexity index is 3140. The highest BCUT2D eigenvalue weighted by Crippen LogP contribution is 2.56. The number of benzene rings is 6. The first-order valence-electron chi connectivity index (χ1n) is 20.1. The Morgan fingerprint density at radius 1 is 0.702 bits per heavy atom. The number of aromatic nitrogens is 3. The second kappa shape index (κ2) is 13.1. The molecule has 0 saturated heterocycles. The molecule has 1 unspecified atom stereocenters. The standard InChI is InChI=1S/C51H39N5S/c1-6-18-36-31(12-1)23-25-52-47(36)39-29-43-45(44(41-28-34-15-4-9-21-40(34)55-41)51(57-43)49-38-20-8-3-16-35(38)30-54-49)46(48-37-19-7-2-13-32(37)24-26-53-48)50(39)56-27-11-17-33-14-5-10-22-42(33)56/h1-10,12-16,18-23,25,28-30,48,53-55H,11,17,24,26-27H2. The molecule has 0 bridgehead atoms. The number of rotatable bonds is 5. The van der Waals surface area contributed by atoms with Gasteiger partial charge in [0.25, 0.3) is 0 Å². The zero-order chi connectivity index (χ0) is 37.5. The van der Waals surface area contributed by atoms with Crippen molar-refractivity contribution < 1.29 is 0 Å². The predicted molar refractivity (Wildman–Crippen MR) is 239 cm³/mol. The third kappa shape index (κ3) is 5.14. The summed E-state index contributed by atoms with van der Waals surface area (Å²) in [5.74, 6) is 0. The lowest BCUT2D eigenvalue weighted by atomic mass is 9.83. The third-order valence-electron chi connectivity index (χ3n) is 12.3. The van der Waals surface area contributed by atoms with Gasteiger partial charge in [0.2, 0.25) is 0 Å². The maximum absolute atomic E-state index is 5.28. The van der Waals surface area contributed by atoms with Crippen LogP contribution in [0.2, 0.25) is 0 Å². The van der Waals surface area contributed by atoms with E-state index >= 15 is 0 Å². The number of anilines is 2. The fourth-order valence-electron chi connectivity index (χ4n) is 9.80. The Morgan fingerprint density at radius 3 is 2.39 bits per heavy atom. The molecule has 274 valence electrons. The molecule has 0 fully saturated rings. The number of H-pyrrole nitrogens is 2. The minimum absolute atomic E-state index is 0.0533. The summed E-state index contributed by atoms with van der Waals surface area (Å²) in [6.07, 6.45) is 7.29. The molecule has 57 heavy (non-hydrogen) atoms. The van der Waals surface area contributed by atoms with Crippen LogP contribution in [0.4, 0.5) is 11.4 Å². The summed E-state index contributed by atoms with van der Waals surface area (Å²) in [7, 11) is 0. The van der Waals surface area contributed by atoms with Gasteiger partial charge in [-0.15, -0.1) is 11.3 Å². The largest absolute Gasteiger partial charge is 0.359 e. The van der Waals surface area contributed by atoms with Gasteiger partial charge < -0.3 is 20.2 Å². The van der Waals surface area contributed by atoms with Gasteiger partial charge in [0.05, 0.1) is 28.0 Å². The van der Waals surface area contributed by atoms with Crippen LogP contribution < -0.4 is 10.2 Å². The smallest absolute Gasteiger partial charge is 0.0801 e. The van der Waals surface area contributed by atoms with E-state index in [-0.39, 0.29) is 6.04 Å². The Kier molecular flexibility index (Phi) is 7.50. The van der Waals surface area contributed by atoms with Crippen molar-refractivity contribution in [3.63, 3.8) is 0 Å². The van der Waals surface area contributed by atoms with Crippen molar-refractivity contribution in [1.82, 2.24) is 20.3 Å². The number of nitrogens with zero attached hydrogens (tertiary/aromatic N) is 2. The number of hydrogen-bond acceptors (Lipinski definition) is 4. The van der Waals surface area contributed by atoms with E-state index in [9.17, 15) is 0 Å². The average molecular weight is 754 g/mol. The zero-order valence-electron chi connectivity index (χ0n) is 31.3. The van der Waals surface area contributed by atoms with Crippen molar-refractivity contribution in [3.05, 3.63) is 174 Å². The van der Waals surface area contributed by atoms with Crippen LogP contribution in [0.3, 0.4) is 0 Å². The lowest BCUT2D eigenvalue weighted by Crippen LogP contribution is -2.33. The van der Waals surface area contributed by atoms with Gasteiger partial charge in [0, 0.05) is 85.3 Å². The minimum atomic E-state index is -0.0533. The Balaban J connectivity index is 1.29. The monoisotopic (exact) mass is 753 g/mol. The fraction of sp³-hybridized carbons (Fsp3) is 0.118. The number of pyridine rings is 1. The molecule has 10 aromatic rings. The van der Waals surface area contributed by atoms with Gasteiger partial charge in [-0.25, -0.2) is 0 Å². The fourth-order valence-corrected chi connectivity index (χ4v) is 11.1. The summed E-state index contributed by atoms with van der Waals surface area (Å²) in [5.41, 5.74) is 14.8. The number of thiophene rings is 1. The molecule has 0 saturated carbocycles. The maximum Gasteiger partial charge on any atom is 0.0801 e. The van der Waals surface area contributed by atoms with Crippen LogP contribution in [-0.4, -0.2) is 28.0 Å². The molecule has 12 rings (SSSR count). The van der Waals surface area contributed by atoms with E-state index < -0.39 is 0 Å². The van der Waals surface area contributed by atoms with Crippen molar-refractivity contribution in [2.24, 2.45) is 0 Å². The molecular formula is C51H39N5S. The van der Waals surface area contributed by atoms with E-state index in [0.717, 1.165) is 60.3 Å². The molecule has 0 aliphatic carbocycles. The topological polar surface area (TPSA) is 59.7 Å². The first-order valence-corrected chi connectivity index (χ1v) is 20.9. The van der Waals surface area contributed by atoms with Gasteiger partial charge in [-0.3, -0.25) is 4.98 Å². The van der Waals surface area contributed by atoms with Gasteiger partial charge >= 0.3 is 0 Å². The van der Waals surface area contributed by atoms with E-state index in [2.05, 4.69) is 166 Å². The van der Waals surface area contributed by atoms with Crippen molar-refractivity contribution in [2.75, 3.05) is 18.0 Å². The molecule has 4 aromatic heterocycles. The molecule has 0 amide bonds. The summed E-state index contributed by atoms with van der Waals surface area (Å²) >= 11 is 1.89. The first-order chi connectivity index (χ1) is 28.3. The Hall–Kier alpha value is -6.47. The van der Waals surface area contributed by atoms with Crippen LogP contribution in [0, 0.1) is 0 Å². The minimum Gasteiger partial charge on any atom is -0.359 e. The molecule has 2 aliphatic rings. The number of hydrogen-bond donors (Lipinski definition) is 3. The normalized spacial score (nSPS) is 15.4. The van der Waals surface area contributed by atoms with Crippen LogP contribution >= 0.6 is 11.3 Å². The molecule has 5 nitrogen and oxygen atoms in total. The summed E-state index contributed by atoms with van der Waals surface area (Å²) in [6, 6.07) is 51.2. The maximum atomic E-state index is 5.28. The second-order valence-electron chi connectivity index (χ2n) is 15.5. The molecule has 6 heteroatoms. The number of aromatic amines is 2. The van der Waals surface area contributed by atoms with Crippen molar-refractivity contribution in [2.45, 2.75) is 25.3 Å². The number of aryl methyl sites for hydroxylation is 1. The molecule has 1 atom stereocenters. The van der Waals surface area contributed by atoms with Crippen LogP contribution in [0.25, 0.3) is 75.6 Å². The highest BCUT2D eigenvalue weighted by atomic mass is 32.1. The van der Waals surface area contributed by atoms with Gasteiger partial charge in [0.1, 0.15) is 0 Å². The van der Waals surface area contributed by atoms with Crippen molar-refractivity contribution in [3.8, 4) is 33.1 Å². The summed E-state index contributed by atoms with van der Waals surface area (Å²) in [4.78, 5) is 16.8. The SMILES string of the molecule is c1ccc2c(c1)CCNC2c1c(N2CCCc3ccccc32)c(-c2nccc3ccccc23)cc2sc(-c3[nH]cc4ccccc34)c(-c3cc4ccccc4[nH]3)c12. The Labute approximate surface area is 334 Å². The summed E-state index contributed by atoms with van der Waals surface area (Å²) < 4.78 is 1.25. The molecular weight excluding hydrogens is 715 g/mol. The predicted octanol–water partition coefficient (Wildman–Crippen LogP) is 12.7. The van der Waals surface area contributed by atoms with Crippen LogP contribution in [0.1, 0.15) is 34.7 Å². The Morgan fingerprint density at radius 2 is 1.47 bits per heavy atom. The highest BCUT2D eigenvalue weighted by Gasteiger charge is 2.35. The number of para-hydroxylation sites is 2. The van der Waals surface area contributed by atoms with Crippen LogP contribution in [0.15, 0.2) is 152 Å². The lowest BCUT2D eigenvalue weighted by molar-refractivity contribution is 0.570. The number of fused-ring (bicyclic) bond motifs is 6. The molecule has 3 N–H and O–H groups in total. The van der Waals surface area contributed by atoms with E-state index in [1.165, 1.54) is 81.3 Å². The molecule has 0 radical (unpaired) electrons.